The van der Waals surface area contributed by atoms with E-state index in [4.69, 9.17) is 0 Å². The average molecular weight is 255 g/mol. The third kappa shape index (κ3) is 2.41. The number of nitrogens with one attached hydrogen (secondary N) is 1. The number of hydrogen-bond acceptors (Lipinski definition) is 2. The van der Waals surface area contributed by atoms with Crippen LogP contribution in [0.25, 0.3) is 0 Å². The Bertz CT molecular complexity index is 422. The minimum atomic E-state index is -2.44. The topological polar surface area (TPSA) is 29.9 Å². The highest BCUT2D eigenvalue weighted by molar-refractivity contribution is 5.20. The molecule has 3 nitrogen and oxygen atoms in total. The van der Waals surface area contributed by atoms with E-state index >= 15 is 0 Å². The zero-order valence-corrected chi connectivity index (χ0v) is 10.6. The van der Waals surface area contributed by atoms with Gasteiger partial charge in [0, 0.05) is 18.2 Å². The molecule has 1 unspecified atom stereocenters. The molecule has 0 amide bonds. The van der Waals surface area contributed by atoms with Crippen molar-refractivity contribution in [2.24, 2.45) is 5.92 Å². The van der Waals surface area contributed by atoms with Crippen LogP contribution in [0.2, 0.25) is 0 Å². The molecule has 18 heavy (non-hydrogen) atoms. The molecule has 0 saturated heterocycles. The molecular formula is C13H19F2N3. The van der Waals surface area contributed by atoms with Crippen LogP contribution in [0.4, 0.5) is 8.78 Å². The number of alkyl halides is 2. The lowest BCUT2D eigenvalue weighted by atomic mass is 10.2. The molecule has 1 aromatic heterocycles. The van der Waals surface area contributed by atoms with Crippen molar-refractivity contribution in [2.45, 2.75) is 57.7 Å². The van der Waals surface area contributed by atoms with Crippen LogP contribution in [-0.2, 0) is 6.54 Å². The van der Waals surface area contributed by atoms with Crippen LogP contribution in [-0.4, -0.2) is 15.8 Å². The Balaban J connectivity index is 1.78. The van der Waals surface area contributed by atoms with Crippen LogP contribution in [0.3, 0.4) is 0 Å². The first-order valence-electron chi connectivity index (χ1n) is 6.74. The largest absolute Gasteiger partial charge is 0.310 e. The number of aromatic nitrogens is 2. The number of nitrogens with zero attached hydrogens (tertiary/aromatic N) is 2. The highest BCUT2D eigenvalue weighted by Gasteiger charge is 2.33. The van der Waals surface area contributed by atoms with E-state index in [9.17, 15) is 8.78 Å². The summed E-state index contributed by atoms with van der Waals surface area (Å²) < 4.78 is 28.0. The van der Waals surface area contributed by atoms with Gasteiger partial charge < -0.3 is 5.32 Å². The smallest absolute Gasteiger partial charge is 0.280 e. The molecule has 0 aliphatic heterocycles. The molecule has 2 fully saturated rings. The molecule has 0 radical (unpaired) electrons. The van der Waals surface area contributed by atoms with Gasteiger partial charge in [-0.25, -0.2) is 8.78 Å². The standard InChI is InChI=1S/C13H19F2N3/c1-8(9-2-3-9)18-12(13(14)15)10(7-17-18)6-16-11-4-5-11/h7-9,11,13,16H,2-6H2,1H3. The molecule has 0 spiro atoms. The lowest BCUT2D eigenvalue weighted by molar-refractivity contribution is 0.134. The summed E-state index contributed by atoms with van der Waals surface area (Å²) in [5.41, 5.74) is 0.770. The molecule has 5 heteroatoms. The second-order valence-electron chi connectivity index (χ2n) is 5.53. The maximum absolute atomic E-state index is 13.2. The molecule has 1 heterocycles. The van der Waals surface area contributed by atoms with E-state index in [-0.39, 0.29) is 11.7 Å². The summed E-state index contributed by atoms with van der Waals surface area (Å²) in [6, 6.07) is 0.628. The normalized spacial score (nSPS) is 21.6. The van der Waals surface area contributed by atoms with Gasteiger partial charge in [0.1, 0.15) is 5.69 Å². The summed E-state index contributed by atoms with van der Waals surface area (Å²) >= 11 is 0. The lowest BCUT2D eigenvalue weighted by Crippen LogP contribution is -2.18. The maximum Gasteiger partial charge on any atom is 0.280 e. The van der Waals surface area contributed by atoms with Crippen molar-refractivity contribution in [3.05, 3.63) is 17.5 Å². The predicted molar refractivity (Wildman–Crippen MR) is 64.5 cm³/mol. The van der Waals surface area contributed by atoms with E-state index in [1.807, 2.05) is 6.92 Å². The molecule has 100 valence electrons. The monoisotopic (exact) mass is 255 g/mol. The van der Waals surface area contributed by atoms with Crippen LogP contribution in [0.5, 0.6) is 0 Å². The molecule has 1 aromatic rings. The van der Waals surface area contributed by atoms with E-state index in [1.54, 1.807) is 10.9 Å². The number of hydrogen-bond donors (Lipinski definition) is 1. The quantitative estimate of drug-likeness (QED) is 0.846. The van der Waals surface area contributed by atoms with Crippen molar-refractivity contribution in [2.75, 3.05) is 0 Å². The van der Waals surface area contributed by atoms with Crippen molar-refractivity contribution in [3.63, 3.8) is 0 Å². The van der Waals surface area contributed by atoms with E-state index < -0.39 is 6.43 Å². The first kappa shape index (κ1) is 12.1. The molecular weight excluding hydrogens is 236 g/mol. The summed E-state index contributed by atoms with van der Waals surface area (Å²) in [5, 5.41) is 7.47. The molecule has 2 saturated carbocycles. The highest BCUT2D eigenvalue weighted by Crippen LogP contribution is 2.41. The average Bonchev–Trinajstić information content (AvgIpc) is 3.22. The van der Waals surface area contributed by atoms with Gasteiger partial charge in [0.15, 0.2) is 0 Å². The van der Waals surface area contributed by atoms with E-state index in [1.165, 1.54) is 0 Å². The van der Waals surface area contributed by atoms with Gasteiger partial charge in [-0.05, 0) is 38.5 Å². The fraction of sp³-hybridized carbons (Fsp3) is 0.769. The zero-order chi connectivity index (χ0) is 12.7. The van der Waals surface area contributed by atoms with Crippen molar-refractivity contribution in [1.29, 1.82) is 0 Å². The zero-order valence-electron chi connectivity index (χ0n) is 10.6. The van der Waals surface area contributed by atoms with Gasteiger partial charge in [0.25, 0.3) is 6.43 Å². The second kappa shape index (κ2) is 4.61. The Morgan fingerprint density at radius 2 is 2.11 bits per heavy atom. The highest BCUT2D eigenvalue weighted by atomic mass is 19.3. The van der Waals surface area contributed by atoms with Crippen LogP contribution in [0.15, 0.2) is 6.20 Å². The van der Waals surface area contributed by atoms with Crippen LogP contribution in [0, 0.1) is 5.92 Å². The fourth-order valence-corrected chi connectivity index (χ4v) is 2.43. The third-order valence-corrected chi connectivity index (χ3v) is 3.97. The minimum Gasteiger partial charge on any atom is -0.310 e. The summed E-state index contributed by atoms with van der Waals surface area (Å²) in [7, 11) is 0. The van der Waals surface area contributed by atoms with Crippen LogP contribution in [0.1, 0.15) is 56.3 Å². The van der Waals surface area contributed by atoms with E-state index in [0.29, 0.717) is 24.1 Å². The second-order valence-corrected chi connectivity index (χ2v) is 5.53. The molecule has 2 aliphatic rings. The van der Waals surface area contributed by atoms with Gasteiger partial charge in [0.05, 0.1) is 12.2 Å². The van der Waals surface area contributed by atoms with E-state index in [0.717, 1.165) is 25.7 Å². The van der Waals surface area contributed by atoms with Gasteiger partial charge in [-0.1, -0.05) is 0 Å². The first-order valence-corrected chi connectivity index (χ1v) is 6.74. The van der Waals surface area contributed by atoms with Gasteiger partial charge >= 0.3 is 0 Å². The van der Waals surface area contributed by atoms with E-state index in [2.05, 4.69) is 10.4 Å². The molecule has 1 atom stereocenters. The van der Waals surface area contributed by atoms with Crippen molar-refractivity contribution in [1.82, 2.24) is 15.1 Å². The summed E-state index contributed by atoms with van der Waals surface area (Å²) in [6.45, 7) is 2.51. The number of halogens is 2. The van der Waals surface area contributed by atoms with Crippen molar-refractivity contribution >= 4 is 0 Å². The Morgan fingerprint density at radius 1 is 1.39 bits per heavy atom. The molecule has 3 rings (SSSR count). The Morgan fingerprint density at radius 3 is 2.67 bits per heavy atom. The molecule has 2 aliphatic carbocycles. The van der Waals surface area contributed by atoms with Crippen molar-refractivity contribution in [3.8, 4) is 0 Å². The SMILES string of the molecule is CC(C1CC1)n1ncc(CNC2CC2)c1C(F)F. The third-order valence-electron chi connectivity index (χ3n) is 3.97. The van der Waals surface area contributed by atoms with Crippen molar-refractivity contribution < 1.29 is 8.78 Å². The number of rotatable bonds is 6. The molecule has 1 N–H and O–H groups in total. The fourth-order valence-electron chi connectivity index (χ4n) is 2.43. The maximum atomic E-state index is 13.2. The predicted octanol–water partition coefficient (Wildman–Crippen LogP) is 3.04. The minimum absolute atomic E-state index is 0.101. The van der Waals surface area contributed by atoms with Gasteiger partial charge in [-0.3, -0.25) is 4.68 Å². The molecule has 0 aromatic carbocycles. The summed E-state index contributed by atoms with van der Waals surface area (Å²) in [5.74, 6) is 0.534. The Hall–Kier alpha value is -0.970. The Kier molecular flexibility index (Phi) is 3.09. The lowest BCUT2D eigenvalue weighted by Gasteiger charge is -2.15. The van der Waals surface area contributed by atoms with Gasteiger partial charge in [-0.2, -0.15) is 5.10 Å². The van der Waals surface area contributed by atoms with Crippen LogP contribution < -0.4 is 5.32 Å². The molecule has 0 bridgehead atoms. The van der Waals surface area contributed by atoms with Crippen LogP contribution >= 0.6 is 0 Å². The van der Waals surface area contributed by atoms with Gasteiger partial charge in [0.2, 0.25) is 0 Å². The van der Waals surface area contributed by atoms with Gasteiger partial charge in [-0.15, -0.1) is 0 Å². The summed E-state index contributed by atoms with van der Waals surface area (Å²) in [4.78, 5) is 0. The summed E-state index contributed by atoms with van der Waals surface area (Å²) in [6.07, 6.45) is 3.77. The Labute approximate surface area is 106 Å². The first-order chi connectivity index (χ1) is 8.66.